The van der Waals surface area contributed by atoms with Crippen LogP contribution in [0.5, 0.6) is 0 Å². The summed E-state index contributed by atoms with van der Waals surface area (Å²) in [6, 6.07) is 0. The lowest BCUT2D eigenvalue weighted by atomic mass is 9.72. The minimum absolute atomic E-state index is 0.263. The summed E-state index contributed by atoms with van der Waals surface area (Å²) < 4.78 is 5.36. The van der Waals surface area contributed by atoms with Gasteiger partial charge in [0.05, 0.1) is 11.3 Å². The average Bonchev–Trinajstić information content (AvgIpc) is 2.35. The average molecular weight is 257 g/mol. The van der Waals surface area contributed by atoms with Crippen molar-refractivity contribution in [2.24, 2.45) is 11.3 Å². The van der Waals surface area contributed by atoms with E-state index in [4.69, 9.17) is 4.74 Å². The maximum absolute atomic E-state index is 12.3. The number of hydrogen-bond acceptors (Lipinski definition) is 4. The van der Waals surface area contributed by atoms with E-state index in [0.717, 1.165) is 0 Å². The normalized spacial score (nSPS) is 31.1. The fourth-order valence-electron chi connectivity index (χ4n) is 2.53. The Balaban J connectivity index is 3.07. The highest BCUT2D eigenvalue weighted by Crippen LogP contribution is 2.42. The third-order valence-electron chi connectivity index (χ3n) is 3.40. The van der Waals surface area contributed by atoms with Gasteiger partial charge in [-0.2, -0.15) is 0 Å². The van der Waals surface area contributed by atoms with Crippen LogP contribution in [0.4, 0.5) is 0 Å². The van der Waals surface area contributed by atoms with E-state index in [2.05, 4.69) is 5.32 Å². The van der Waals surface area contributed by atoms with Gasteiger partial charge in [-0.1, -0.05) is 0 Å². The van der Waals surface area contributed by atoms with Crippen LogP contribution in [-0.2, 0) is 14.3 Å². The van der Waals surface area contributed by atoms with Crippen molar-refractivity contribution in [2.75, 3.05) is 6.54 Å². The van der Waals surface area contributed by atoms with Crippen LogP contribution in [0.1, 0.15) is 41.5 Å². The molecule has 1 rings (SSSR count). The lowest BCUT2D eigenvalue weighted by Crippen LogP contribution is -2.49. The fraction of sp³-hybridized carbons (Fsp3) is 0.846. The Labute approximate surface area is 108 Å². The van der Waals surface area contributed by atoms with E-state index in [1.807, 2.05) is 13.8 Å². The molecule has 2 N–H and O–H groups in total. The summed E-state index contributed by atoms with van der Waals surface area (Å²) in [5.74, 6) is -2.14. The van der Waals surface area contributed by atoms with Gasteiger partial charge in [0, 0.05) is 12.1 Å². The predicted octanol–water partition coefficient (Wildman–Crippen LogP) is 1.42. The number of nitrogens with one attached hydrogen (secondary N) is 1. The first-order valence-electron chi connectivity index (χ1n) is 6.11. The summed E-state index contributed by atoms with van der Waals surface area (Å²) in [5, 5.41) is 12.5. The largest absolute Gasteiger partial charge is 0.481 e. The van der Waals surface area contributed by atoms with E-state index in [1.165, 1.54) is 0 Å². The Bertz CT molecular complexity index is 370. The highest BCUT2D eigenvalue weighted by molar-refractivity contribution is 5.86. The molecule has 0 unspecified atom stereocenters. The van der Waals surface area contributed by atoms with Crippen molar-refractivity contribution >= 4 is 11.9 Å². The van der Waals surface area contributed by atoms with Crippen molar-refractivity contribution in [1.29, 1.82) is 0 Å². The molecule has 1 saturated heterocycles. The number of carboxylic acid groups (broad SMARTS) is 1. The SMILES string of the molecule is CC(C)(C)OC(=O)[C@@H]1C(C)(C)NC[C@@]1(C)C(=O)O. The predicted molar refractivity (Wildman–Crippen MR) is 67.2 cm³/mol. The van der Waals surface area contributed by atoms with Gasteiger partial charge in [0.2, 0.25) is 0 Å². The molecule has 1 heterocycles. The number of carbonyl (C=O) groups excluding carboxylic acids is 1. The lowest BCUT2D eigenvalue weighted by molar-refractivity contribution is -0.171. The minimum Gasteiger partial charge on any atom is -0.481 e. The zero-order valence-corrected chi connectivity index (χ0v) is 12.0. The highest BCUT2D eigenvalue weighted by atomic mass is 16.6. The molecule has 5 heteroatoms. The molecule has 0 aromatic heterocycles. The number of ether oxygens (including phenoxy) is 1. The van der Waals surface area contributed by atoms with Crippen molar-refractivity contribution in [3.05, 3.63) is 0 Å². The molecule has 0 aliphatic carbocycles. The molecule has 2 atom stereocenters. The van der Waals surface area contributed by atoms with E-state index in [1.54, 1.807) is 27.7 Å². The van der Waals surface area contributed by atoms with Crippen LogP contribution in [0.2, 0.25) is 0 Å². The monoisotopic (exact) mass is 257 g/mol. The number of rotatable bonds is 2. The Morgan fingerprint density at radius 1 is 1.28 bits per heavy atom. The minimum atomic E-state index is -1.13. The zero-order chi connectivity index (χ0) is 14.4. The summed E-state index contributed by atoms with van der Waals surface area (Å²) >= 11 is 0. The molecule has 0 saturated carbocycles. The molecule has 1 aliphatic rings. The molecule has 18 heavy (non-hydrogen) atoms. The third-order valence-corrected chi connectivity index (χ3v) is 3.40. The molecule has 0 aromatic carbocycles. The van der Waals surface area contributed by atoms with Gasteiger partial charge < -0.3 is 15.2 Å². The topological polar surface area (TPSA) is 75.6 Å². The van der Waals surface area contributed by atoms with Crippen LogP contribution < -0.4 is 5.32 Å². The van der Waals surface area contributed by atoms with E-state index in [-0.39, 0.29) is 6.54 Å². The number of carbonyl (C=O) groups is 2. The standard InChI is InChI=1S/C13H23NO4/c1-11(2,3)18-9(15)8-12(4,5)14-7-13(8,6)10(16)17/h8,14H,7H2,1-6H3,(H,16,17)/t8-,13-/m1/s1. The zero-order valence-electron chi connectivity index (χ0n) is 12.0. The van der Waals surface area contributed by atoms with E-state index < -0.39 is 34.4 Å². The second-order valence-electron chi connectivity index (χ2n) is 6.76. The maximum atomic E-state index is 12.3. The quantitative estimate of drug-likeness (QED) is 0.732. The summed E-state index contributed by atoms with van der Waals surface area (Å²) in [6.45, 7) is 10.8. The molecule has 1 aliphatic heterocycles. The van der Waals surface area contributed by atoms with Gasteiger partial charge in [-0.15, -0.1) is 0 Å². The summed E-state index contributed by atoms with van der Waals surface area (Å²) in [4.78, 5) is 23.7. The number of aliphatic carboxylic acids is 1. The van der Waals surface area contributed by atoms with E-state index >= 15 is 0 Å². The molecule has 5 nitrogen and oxygen atoms in total. The lowest BCUT2D eigenvalue weighted by Gasteiger charge is -2.34. The van der Waals surface area contributed by atoms with Gasteiger partial charge in [0.1, 0.15) is 5.60 Å². The Morgan fingerprint density at radius 2 is 1.78 bits per heavy atom. The smallest absolute Gasteiger partial charge is 0.312 e. The highest BCUT2D eigenvalue weighted by Gasteiger charge is 2.59. The molecule has 0 amide bonds. The molecule has 0 aromatic rings. The van der Waals surface area contributed by atoms with Crippen molar-refractivity contribution in [2.45, 2.75) is 52.7 Å². The van der Waals surface area contributed by atoms with Crippen LogP contribution in [0.3, 0.4) is 0 Å². The first-order valence-corrected chi connectivity index (χ1v) is 6.11. The molecular weight excluding hydrogens is 234 g/mol. The van der Waals surface area contributed by atoms with Crippen molar-refractivity contribution in [1.82, 2.24) is 5.32 Å². The fourth-order valence-corrected chi connectivity index (χ4v) is 2.53. The molecule has 1 fully saturated rings. The van der Waals surface area contributed by atoms with Crippen molar-refractivity contribution < 1.29 is 19.4 Å². The van der Waals surface area contributed by atoms with Crippen molar-refractivity contribution in [3.8, 4) is 0 Å². The van der Waals surface area contributed by atoms with Gasteiger partial charge in [-0.05, 0) is 41.5 Å². The molecule has 0 bridgehead atoms. The van der Waals surface area contributed by atoms with Gasteiger partial charge in [-0.25, -0.2) is 0 Å². The van der Waals surface area contributed by atoms with Gasteiger partial charge in [0.25, 0.3) is 0 Å². The Kier molecular flexibility index (Phi) is 3.51. The van der Waals surface area contributed by atoms with Crippen LogP contribution >= 0.6 is 0 Å². The summed E-state index contributed by atoms with van der Waals surface area (Å²) in [7, 11) is 0. The van der Waals surface area contributed by atoms with Gasteiger partial charge in [-0.3, -0.25) is 9.59 Å². The number of carboxylic acids is 1. The molecule has 0 spiro atoms. The van der Waals surface area contributed by atoms with Crippen LogP contribution in [-0.4, -0.2) is 34.7 Å². The van der Waals surface area contributed by atoms with Gasteiger partial charge >= 0.3 is 11.9 Å². The Hall–Kier alpha value is -1.10. The van der Waals surface area contributed by atoms with Crippen molar-refractivity contribution in [3.63, 3.8) is 0 Å². The Morgan fingerprint density at radius 3 is 2.17 bits per heavy atom. The van der Waals surface area contributed by atoms with E-state index in [9.17, 15) is 14.7 Å². The second-order valence-corrected chi connectivity index (χ2v) is 6.76. The van der Waals surface area contributed by atoms with Crippen LogP contribution in [0.25, 0.3) is 0 Å². The van der Waals surface area contributed by atoms with Crippen LogP contribution in [0.15, 0.2) is 0 Å². The first kappa shape index (κ1) is 15.0. The summed E-state index contributed by atoms with van der Waals surface area (Å²) in [5.41, 5.74) is -2.34. The van der Waals surface area contributed by atoms with Gasteiger partial charge in [0.15, 0.2) is 0 Å². The number of esters is 1. The molecule has 0 radical (unpaired) electrons. The maximum Gasteiger partial charge on any atom is 0.312 e. The van der Waals surface area contributed by atoms with Crippen LogP contribution in [0, 0.1) is 11.3 Å². The third kappa shape index (κ3) is 2.66. The molecule has 104 valence electrons. The second kappa shape index (κ2) is 4.23. The first-order chi connectivity index (χ1) is 7.90. The van der Waals surface area contributed by atoms with E-state index in [0.29, 0.717) is 0 Å². The molecular formula is C13H23NO4. The summed E-state index contributed by atoms with van der Waals surface area (Å²) in [6.07, 6.45) is 0. The number of hydrogen-bond donors (Lipinski definition) is 2.